The average molecular weight is 286 g/mol. The molecule has 6 heteroatoms. The van der Waals surface area contributed by atoms with Crippen molar-refractivity contribution in [3.63, 3.8) is 0 Å². The summed E-state index contributed by atoms with van der Waals surface area (Å²) in [6, 6.07) is -0.127. The van der Waals surface area contributed by atoms with Gasteiger partial charge in [-0.3, -0.25) is 4.79 Å². The quantitative estimate of drug-likeness (QED) is 0.729. The molecule has 0 heterocycles. The third kappa shape index (κ3) is 7.33. The van der Waals surface area contributed by atoms with Crippen LogP contribution in [-0.2, 0) is 4.79 Å². The van der Waals surface area contributed by atoms with Gasteiger partial charge in [0, 0.05) is 37.6 Å². The summed E-state index contributed by atoms with van der Waals surface area (Å²) in [6.45, 7) is 12.2. The lowest BCUT2D eigenvalue weighted by molar-refractivity contribution is -0.139. The van der Waals surface area contributed by atoms with E-state index in [1.165, 1.54) is 0 Å². The Kier molecular flexibility index (Phi) is 7.57. The van der Waals surface area contributed by atoms with Crippen LogP contribution in [0.4, 0.5) is 4.79 Å². The van der Waals surface area contributed by atoms with E-state index in [0.29, 0.717) is 25.7 Å². The van der Waals surface area contributed by atoms with Gasteiger partial charge in [0.05, 0.1) is 0 Å². The number of rotatable bonds is 7. The monoisotopic (exact) mass is 286 g/mol. The van der Waals surface area contributed by atoms with E-state index in [4.69, 9.17) is 5.73 Å². The highest BCUT2D eigenvalue weighted by Crippen LogP contribution is 2.17. The minimum atomic E-state index is -0.563. The molecule has 0 aromatic heterocycles. The first kappa shape index (κ1) is 18.7. The summed E-state index contributed by atoms with van der Waals surface area (Å²) in [7, 11) is 2.03. The normalized spacial score (nSPS) is 11.8. The van der Waals surface area contributed by atoms with Gasteiger partial charge < -0.3 is 20.9 Å². The number of carbonyl (C=O) groups is 2. The molecule has 0 fully saturated rings. The zero-order chi connectivity index (χ0) is 15.9. The van der Waals surface area contributed by atoms with Crippen molar-refractivity contribution in [3.8, 4) is 0 Å². The SMILES string of the molecule is CC(C)N(C)CCN(CCNC(N)=O)C(=O)C(C)(C)C. The fraction of sp³-hybridized carbons (Fsp3) is 0.857. The highest BCUT2D eigenvalue weighted by atomic mass is 16.2. The van der Waals surface area contributed by atoms with Crippen molar-refractivity contribution in [2.75, 3.05) is 33.2 Å². The second-order valence-corrected chi connectivity index (χ2v) is 6.41. The molecule has 20 heavy (non-hydrogen) atoms. The Bertz CT molecular complexity index is 324. The van der Waals surface area contributed by atoms with Crippen LogP contribution in [-0.4, -0.2) is 61.0 Å². The summed E-state index contributed by atoms with van der Waals surface area (Å²) in [5.41, 5.74) is 4.61. The van der Waals surface area contributed by atoms with Gasteiger partial charge in [-0.05, 0) is 20.9 Å². The number of nitrogens with one attached hydrogen (secondary N) is 1. The molecule has 0 bridgehead atoms. The Morgan fingerprint density at radius 1 is 1.15 bits per heavy atom. The fourth-order valence-electron chi connectivity index (χ4n) is 1.64. The third-order valence-corrected chi connectivity index (χ3v) is 3.21. The largest absolute Gasteiger partial charge is 0.352 e. The Balaban J connectivity index is 4.54. The molecule has 0 aromatic carbocycles. The summed E-state index contributed by atoms with van der Waals surface area (Å²) in [6.07, 6.45) is 0. The van der Waals surface area contributed by atoms with E-state index in [1.807, 2.05) is 27.8 Å². The number of nitrogens with two attached hydrogens (primary N) is 1. The van der Waals surface area contributed by atoms with Gasteiger partial charge in [-0.1, -0.05) is 20.8 Å². The lowest BCUT2D eigenvalue weighted by Crippen LogP contribution is -2.47. The van der Waals surface area contributed by atoms with Crippen LogP contribution in [0.5, 0.6) is 0 Å². The van der Waals surface area contributed by atoms with Gasteiger partial charge >= 0.3 is 6.03 Å². The summed E-state index contributed by atoms with van der Waals surface area (Å²) in [4.78, 5) is 27.1. The highest BCUT2D eigenvalue weighted by Gasteiger charge is 2.27. The number of urea groups is 1. The van der Waals surface area contributed by atoms with E-state index in [2.05, 4.69) is 24.1 Å². The Morgan fingerprint density at radius 3 is 2.10 bits per heavy atom. The number of carbonyl (C=O) groups excluding carboxylic acids is 2. The first-order valence-electron chi connectivity index (χ1n) is 7.08. The second-order valence-electron chi connectivity index (χ2n) is 6.41. The van der Waals surface area contributed by atoms with E-state index in [-0.39, 0.29) is 5.91 Å². The van der Waals surface area contributed by atoms with Crippen molar-refractivity contribution < 1.29 is 9.59 Å². The van der Waals surface area contributed by atoms with Crippen molar-refractivity contribution in [1.82, 2.24) is 15.1 Å². The van der Waals surface area contributed by atoms with E-state index in [1.54, 1.807) is 4.90 Å². The predicted molar refractivity (Wildman–Crippen MR) is 81.4 cm³/mol. The fourth-order valence-corrected chi connectivity index (χ4v) is 1.64. The highest BCUT2D eigenvalue weighted by molar-refractivity contribution is 5.81. The first-order chi connectivity index (χ1) is 9.05. The topological polar surface area (TPSA) is 78.7 Å². The van der Waals surface area contributed by atoms with Crippen molar-refractivity contribution in [3.05, 3.63) is 0 Å². The lowest BCUT2D eigenvalue weighted by atomic mass is 9.94. The standard InChI is InChI=1S/C14H30N4O2/c1-11(2)17(6)9-10-18(8-7-16-13(15)20)12(19)14(3,4)5/h11H,7-10H2,1-6H3,(H3,15,16,20). The minimum absolute atomic E-state index is 0.0842. The van der Waals surface area contributed by atoms with Crippen LogP contribution >= 0.6 is 0 Å². The maximum absolute atomic E-state index is 12.4. The molecule has 0 saturated heterocycles. The minimum Gasteiger partial charge on any atom is -0.352 e. The molecule has 118 valence electrons. The van der Waals surface area contributed by atoms with Gasteiger partial charge in [0.1, 0.15) is 0 Å². The summed E-state index contributed by atoms with van der Waals surface area (Å²) in [5, 5.41) is 2.52. The molecule has 0 rings (SSSR count). The number of likely N-dealkylation sites (N-methyl/N-ethyl adjacent to an activating group) is 1. The maximum atomic E-state index is 12.4. The van der Waals surface area contributed by atoms with E-state index in [9.17, 15) is 9.59 Å². The molecule has 0 aliphatic heterocycles. The van der Waals surface area contributed by atoms with Crippen LogP contribution in [0, 0.1) is 5.41 Å². The van der Waals surface area contributed by atoms with Crippen LogP contribution in [0.3, 0.4) is 0 Å². The molecular formula is C14H30N4O2. The smallest absolute Gasteiger partial charge is 0.312 e. The predicted octanol–water partition coefficient (Wildman–Crippen LogP) is 0.870. The van der Waals surface area contributed by atoms with Gasteiger partial charge in [0.2, 0.25) is 5.91 Å². The molecule has 0 saturated carbocycles. The molecule has 0 aromatic rings. The molecule has 3 N–H and O–H groups in total. The van der Waals surface area contributed by atoms with Crippen molar-refractivity contribution in [2.24, 2.45) is 11.1 Å². The van der Waals surface area contributed by atoms with E-state index < -0.39 is 11.4 Å². The number of nitrogens with zero attached hydrogens (tertiary/aromatic N) is 2. The Hall–Kier alpha value is -1.30. The molecule has 6 nitrogen and oxygen atoms in total. The molecule has 0 radical (unpaired) electrons. The van der Waals surface area contributed by atoms with Crippen LogP contribution < -0.4 is 11.1 Å². The molecule has 0 aliphatic carbocycles. The Morgan fingerprint density at radius 2 is 1.70 bits per heavy atom. The van der Waals surface area contributed by atoms with Crippen molar-refractivity contribution in [2.45, 2.75) is 40.7 Å². The number of primary amides is 1. The van der Waals surface area contributed by atoms with Crippen molar-refractivity contribution in [1.29, 1.82) is 0 Å². The molecule has 3 amide bonds. The maximum Gasteiger partial charge on any atom is 0.312 e. The van der Waals surface area contributed by atoms with Gasteiger partial charge in [-0.15, -0.1) is 0 Å². The van der Waals surface area contributed by atoms with E-state index >= 15 is 0 Å². The molecule has 0 atom stereocenters. The third-order valence-electron chi connectivity index (χ3n) is 3.21. The van der Waals surface area contributed by atoms with Gasteiger partial charge in [-0.25, -0.2) is 4.79 Å². The molecule has 0 unspecified atom stereocenters. The zero-order valence-corrected chi connectivity index (χ0v) is 13.7. The zero-order valence-electron chi connectivity index (χ0n) is 13.7. The average Bonchev–Trinajstić information content (AvgIpc) is 2.30. The Labute approximate surface area is 122 Å². The molecule has 0 spiro atoms. The lowest BCUT2D eigenvalue weighted by Gasteiger charge is -2.32. The second kappa shape index (κ2) is 8.09. The van der Waals surface area contributed by atoms with Gasteiger partial charge in [0.15, 0.2) is 0 Å². The number of amides is 3. The van der Waals surface area contributed by atoms with Crippen molar-refractivity contribution >= 4 is 11.9 Å². The van der Waals surface area contributed by atoms with Gasteiger partial charge in [0.25, 0.3) is 0 Å². The summed E-state index contributed by atoms with van der Waals surface area (Å²) in [5.74, 6) is 0.0842. The van der Waals surface area contributed by atoms with Crippen LogP contribution in [0.15, 0.2) is 0 Å². The number of hydrogen-bond donors (Lipinski definition) is 2. The molecule has 0 aliphatic rings. The van der Waals surface area contributed by atoms with Crippen LogP contribution in [0.2, 0.25) is 0 Å². The first-order valence-corrected chi connectivity index (χ1v) is 7.08. The van der Waals surface area contributed by atoms with Crippen LogP contribution in [0.25, 0.3) is 0 Å². The summed E-state index contributed by atoms with van der Waals surface area (Å²) >= 11 is 0. The van der Waals surface area contributed by atoms with Crippen LogP contribution in [0.1, 0.15) is 34.6 Å². The van der Waals surface area contributed by atoms with E-state index in [0.717, 1.165) is 6.54 Å². The molecular weight excluding hydrogens is 256 g/mol. The summed E-state index contributed by atoms with van der Waals surface area (Å²) < 4.78 is 0. The van der Waals surface area contributed by atoms with Gasteiger partial charge in [-0.2, -0.15) is 0 Å². The number of hydrogen-bond acceptors (Lipinski definition) is 3.